The molecule has 0 spiro atoms. The highest BCUT2D eigenvalue weighted by atomic mass is 16.3. The van der Waals surface area contributed by atoms with Gasteiger partial charge >= 0.3 is 0 Å². The first-order chi connectivity index (χ1) is 10.1. The molecule has 1 N–H and O–H groups in total. The fourth-order valence-electron chi connectivity index (χ4n) is 3.42. The van der Waals surface area contributed by atoms with E-state index in [1.54, 1.807) is 0 Å². The lowest BCUT2D eigenvalue weighted by Crippen LogP contribution is -2.30. The quantitative estimate of drug-likeness (QED) is 0.908. The van der Waals surface area contributed by atoms with Crippen molar-refractivity contribution in [2.75, 3.05) is 0 Å². The van der Waals surface area contributed by atoms with Gasteiger partial charge in [-0.1, -0.05) is 48.0 Å². The third-order valence-electron chi connectivity index (χ3n) is 4.68. The van der Waals surface area contributed by atoms with Gasteiger partial charge in [-0.05, 0) is 48.9 Å². The summed E-state index contributed by atoms with van der Waals surface area (Å²) in [5, 5.41) is 20.8. The fraction of sp³-hybridized carbons (Fsp3) is 0.316. The van der Waals surface area contributed by atoms with Crippen LogP contribution < -0.4 is 0 Å². The van der Waals surface area contributed by atoms with Crippen molar-refractivity contribution in [1.82, 2.24) is 0 Å². The Morgan fingerprint density at radius 1 is 1.19 bits per heavy atom. The van der Waals surface area contributed by atoms with Gasteiger partial charge in [0.05, 0.1) is 6.07 Å². The minimum absolute atomic E-state index is 0.678. The molecular weight excluding hydrogens is 258 g/mol. The van der Waals surface area contributed by atoms with Crippen LogP contribution >= 0.6 is 0 Å². The fourth-order valence-corrected chi connectivity index (χ4v) is 3.42. The van der Waals surface area contributed by atoms with Gasteiger partial charge in [0.2, 0.25) is 0 Å². The van der Waals surface area contributed by atoms with Crippen LogP contribution in [0.3, 0.4) is 0 Å². The molecule has 2 unspecified atom stereocenters. The van der Waals surface area contributed by atoms with Crippen molar-refractivity contribution in [2.24, 2.45) is 0 Å². The van der Waals surface area contributed by atoms with Crippen LogP contribution in [0.5, 0.6) is 0 Å². The standard InChI is InChI=1S/C19H19NO/c1-13-7-8-14(2)16(11-13)18(21)19(12-20)10-9-15-5-3-4-6-17(15)19/h3-8,11,18,21H,9-10H2,1-2H3. The summed E-state index contributed by atoms with van der Waals surface area (Å²) in [6.07, 6.45) is 0.745. The average Bonchev–Trinajstić information content (AvgIpc) is 2.89. The largest absolute Gasteiger partial charge is 0.386 e. The van der Waals surface area contributed by atoms with Gasteiger partial charge in [-0.15, -0.1) is 0 Å². The van der Waals surface area contributed by atoms with Gasteiger partial charge in [0.15, 0.2) is 0 Å². The van der Waals surface area contributed by atoms with Gasteiger partial charge in [0, 0.05) is 0 Å². The molecule has 0 heterocycles. The summed E-state index contributed by atoms with van der Waals surface area (Å²) in [6.45, 7) is 4.00. The van der Waals surface area contributed by atoms with Gasteiger partial charge in [-0.25, -0.2) is 0 Å². The number of benzene rings is 2. The summed E-state index contributed by atoms with van der Waals surface area (Å²) in [7, 11) is 0. The van der Waals surface area contributed by atoms with E-state index in [0.29, 0.717) is 6.42 Å². The Balaban J connectivity index is 2.14. The molecule has 2 aromatic rings. The Morgan fingerprint density at radius 2 is 1.95 bits per heavy atom. The smallest absolute Gasteiger partial charge is 0.113 e. The van der Waals surface area contributed by atoms with Crippen molar-refractivity contribution in [3.8, 4) is 6.07 Å². The molecule has 1 aliphatic carbocycles. The molecule has 0 saturated heterocycles. The lowest BCUT2D eigenvalue weighted by molar-refractivity contribution is 0.110. The number of fused-ring (bicyclic) bond motifs is 1. The summed E-state index contributed by atoms with van der Waals surface area (Å²) >= 11 is 0. The predicted molar refractivity (Wildman–Crippen MR) is 82.9 cm³/mol. The summed E-state index contributed by atoms with van der Waals surface area (Å²) in [4.78, 5) is 0. The number of aryl methyl sites for hydroxylation is 3. The van der Waals surface area contributed by atoms with Gasteiger partial charge in [0.25, 0.3) is 0 Å². The summed E-state index contributed by atoms with van der Waals surface area (Å²) < 4.78 is 0. The van der Waals surface area contributed by atoms with Crippen molar-refractivity contribution in [3.63, 3.8) is 0 Å². The van der Waals surface area contributed by atoms with Crippen LogP contribution in [0.15, 0.2) is 42.5 Å². The van der Waals surface area contributed by atoms with E-state index in [1.807, 2.05) is 50.2 Å². The van der Waals surface area contributed by atoms with E-state index < -0.39 is 11.5 Å². The number of aliphatic hydroxyl groups excluding tert-OH is 1. The SMILES string of the molecule is Cc1ccc(C)c(C(O)C2(C#N)CCc3ccccc32)c1. The molecule has 0 aromatic heterocycles. The van der Waals surface area contributed by atoms with E-state index in [2.05, 4.69) is 12.1 Å². The number of rotatable bonds is 2. The maximum absolute atomic E-state index is 11.0. The summed E-state index contributed by atoms with van der Waals surface area (Å²) in [5.74, 6) is 0. The van der Waals surface area contributed by atoms with E-state index in [9.17, 15) is 10.4 Å². The van der Waals surface area contributed by atoms with E-state index >= 15 is 0 Å². The molecule has 0 bridgehead atoms. The molecule has 2 heteroatoms. The van der Waals surface area contributed by atoms with Gasteiger partial charge < -0.3 is 5.11 Å². The van der Waals surface area contributed by atoms with Gasteiger partial charge in [-0.2, -0.15) is 5.26 Å². The van der Waals surface area contributed by atoms with Crippen LogP contribution in [-0.4, -0.2) is 5.11 Å². The second kappa shape index (κ2) is 5.02. The van der Waals surface area contributed by atoms with E-state index in [1.165, 1.54) is 5.56 Å². The van der Waals surface area contributed by atoms with Crippen LogP contribution in [0.2, 0.25) is 0 Å². The predicted octanol–water partition coefficient (Wildman–Crippen LogP) is 3.74. The molecule has 3 rings (SSSR count). The Morgan fingerprint density at radius 3 is 2.71 bits per heavy atom. The number of hydrogen-bond acceptors (Lipinski definition) is 2. The Labute approximate surface area is 125 Å². The molecule has 0 amide bonds. The molecule has 21 heavy (non-hydrogen) atoms. The molecule has 0 fully saturated rings. The number of aliphatic hydroxyl groups is 1. The first kappa shape index (κ1) is 13.9. The van der Waals surface area contributed by atoms with Crippen molar-refractivity contribution in [2.45, 2.75) is 38.2 Å². The zero-order valence-electron chi connectivity index (χ0n) is 12.4. The second-order valence-corrected chi connectivity index (χ2v) is 6.00. The Bertz CT molecular complexity index is 729. The Kier molecular flexibility index (Phi) is 3.31. The highest BCUT2D eigenvalue weighted by Crippen LogP contribution is 2.47. The molecule has 1 aliphatic rings. The summed E-state index contributed by atoms with van der Waals surface area (Å²) in [6, 6.07) is 16.5. The van der Waals surface area contributed by atoms with E-state index in [-0.39, 0.29) is 0 Å². The Hall–Kier alpha value is -2.11. The molecule has 2 atom stereocenters. The highest BCUT2D eigenvalue weighted by Gasteiger charge is 2.46. The molecule has 2 aromatic carbocycles. The molecule has 106 valence electrons. The number of hydrogen-bond donors (Lipinski definition) is 1. The van der Waals surface area contributed by atoms with Crippen LogP contribution in [0.1, 0.15) is 40.3 Å². The highest BCUT2D eigenvalue weighted by molar-refractivity contribution is 5.48. The average molecular weight is 277 g/mol. The van der Waals surface area contributed by atoms with Gasteiger partial charge in [0.1, 0.15) is 11.5 Å². The first-order valence-electron chi connectivity index (χ1n) is 7.33. The minimum Gasteiger partial charge on any atom is -0.386 e. The molecule has 0 aliphatic heterocycles. The van der Waals surface area contributed by atoms with Gasteiger partial charge in [-0.3, -0.25) is 0 Å². The van der Waals surface area contributed by atoms with Crippen molar-refractivity contribution in [1.29, 1.82) is 5.26 Å². The monoisotopic (exact) mass is 277 g/mol. The number of nitriles is 1. The number of nitrogens with zero attached hydrogens (tertiary/aromatic N) is 1. The zero-order valence-corrected chi connectivity index (χ0v) is 12.4. The minimum atomic E-state index is -0.824. The van der Waals surface area contributed by atoms with Crippen LogP contribution in [0.25, 0.3) is 0 Å². The first-order valence-corrected chi connectivity index (χ1v) is 7.33. The summed E-state index contributed by atoms with van der Waals surface area (Å²) in [5.41, 5.74) is 4.36. The van der Waals surface area contributed by atoms with Crippen molar-refractivity contribution < 1.29 is 5.11 Å². The normalized spacial score (nSPS) is 21.6. The van der Waals surface area contributed by atoms with E-state index in [0.717, 1.165) is 28.7 Å². The van der Waals surface area contributed by atoms with Crippen LogP contribution in [0.4, 0.5) is 0 Å². The molecule has 0 radical (unpaired) electrons. The maximum atomic E-state index is 11.0. The topological polar surface area (TPSA) is 44.0 Å². The van der Waals surface area contributed by atoms with E-state index in [4.69, 9.17) is 0 Å². The zero-order chi connectivity index (χ0) is 15.0. The lowest BCUT2D eigenvalue weighted by Gasteiger charge is -2.30. The molecule has 0 saturated carbocycles. The van der Waals surface area contributed by atoms with Crippen molar-refractivity contribution in [3.05, 3.63) is 70.3 Å². The third-order valence-corrected chi connectivity index (χ3v) is 4.68. The van der Waals surface area contributed by atoms with Crippen molar-refractivity contribution >= 4 is 0 Å². The maximum Gasteiger partial charge on any atom is 0.113 e. The van der Waals surface area contributed by atoms with Crippen LogP contribution in [0, 0.1) is 25.2 Å². The lowest BCUT2D eigenvalue weighted by atomic mass is 9.74. The van der Waals surface area contributed by atoms with Crippen LogP contribution in [-0.2, 0) is 11.8 Å². The second-order valence-electron chi connectivity index (χ2n) is 6.00. The molecular formula is C19H19NO. The molecule has 2 nitrogen and oxygen atoms in total. The third kappa shape index (κ3) is 2.05.